The van der Waals surface area contributed by atoms with E-state index in [1.165, 1.54) is 5.57 Å². The third kappa shape index (κ3) is 6.41. The van der Waals surface area contributed by atoms with Crippen molar-refractivity contribution in [2.45, 2.75) is 46.2 Å². The lowest BCUT2D eigenvalue weighted by atomic mass is 9.90. The number of carboxylic acids is 1. The first-order valence-electron chi connectivity index (χ1n) is 11.9. The average molecular weight is 462 g/mol. The smallest absolute Gasteiger partial charge is 0.310 e. The van der Waals surface area contributed by atoms with E-state index >= 15 is 0 Å². The molecule has 1 saturated heterocycles. The minimum atomic E-state index is -0.828. The number of hydrogen-bond donors (Lipinski definition) is 2. The van der Waals surface area contributed by atoms with Crippen molar-refractivity contribution in [2.75, 3.05) is 13.1 Å². The average Bonchev–Trinajstić information content (AvgIpc) is 2.78. The molecule has 1 amide bonds. The van der Waals surface area contributed by atoms with E-state index in [-0.39, 0.29) is 11.8 Å². The van der Waals surface area contributed by atoms with Crippen LogP contribution in [0, 0.1) is 11.8 Å². The van der Waals surface area contributed by atoms with Crippen LogP contribution >= 0.6 is 0 Å². The van der Waals surface area contributed by atoms with Gasteiger partial charge in [-0.25, -0.2) is 0 Å². The van der Waals surface area contributed by atoms with Gasteiger partial charge >= 0.3 is 5.97 Å². The molecule has 0 bridgehead atoms. The number of carbonyl (C=O) groups is 2. The van der Waals surface area contributed by atoms with E-state index in [0.29, 0.717) is 19.5 Å². The van der Waals surface area contributed by atoms with Gasteiger partial charge in [-0.1, -0.05) is 73.5 Å². The number of benzene rings is 2. The van der Waals surface area contributed by atoms with E-state index in [4.69, 9.17) is 10.8 Å². The number of carbonyl (C=O) groups excluding carboxylic acids is 1. The number of rotatable bonds is 10. The molecular formula is C28H35N3O3. The summed E-state index contributed by atoms with van der Waals surface area (Å²) in [6, 6.07) is 18.1. The maximum Gasteiger partial charge on any atom is 0.310 e. The summed E-state index contributed by atoms with van der Waals surface area (Å²) in [7, 11) is 0. The number of hydrogen-bond acceptors (Lipinski definition) is 4. The Kier molecular flexibility index (Phi) is 8.77. The summed E-state index contributed by atoms with van der Waals surface area (Å²) < 4.78 is 0. The lowest BCUT2D eigenvalue weighted by Gasteiger charge is -2.39. The third-order valence-electron chi connectivity index (χ3n) is 6.32. The van der Waals surface area contributed by atoms with Crippen LogP contribution in [0.25, 0.3) is 5.57 Å². The van der Waals surface area contributed by atoms with Gasteiger partial charge in [-0.15, -0.1) is 0 Å². The summed E-state index contributed by atoms with van der Waals surface area (Å²) in [5.41, 5.74) is 11.7. The summed E-state index contributed by atoms with van der Waals surface area (Å²) in [5.74, 6) is -1.34. The van der Waals surface area contributed by atoms with Crippen molar-refractivity contribution in [1.29, 1.82) is 0 Å². The fourth-order valence-corrected chi connectivity index (χ4v) is 4.22. The number of amides is 1. The lowest BCUT2D eigenvalue weighted by molar-refractivity contribution is -0.154. The molecule has 3 N–H and O–H groups in total. The normalized spacial score (nSPS) is 15.6. The van der Waals surface area contributed by atoms with Crippen molar-refractivity contribution < 1.29 is 14.7 Å². The Balaban J connectivity index is 1.64. The number of allylic oxidation sites excluding steroid dienone is 2. The van der Waals surface area contributed by atoms with Gasteiger partial charge in [0.25, 0.3) is 0 Å². The fraction of sp³-hybridized carbons (Fsp3) is 0.393. The highest BCUT2D eigenvalue weighted by molar-refractivity contribution is 6.10. The van der Waals surface area contributed by atoms with Gasteiger partial charge in [0.1, 0.15) is 6.17 Å². The predicted molar refractivity (Wildman–Crippen MR) is 136 cm³/mol. The zero-order valence-electron chi connectivity index (χ0n) is 20.3. The van der Waals surface area contributed by atoms with Gasteiger partial charge in [0.2, 0.25) is 5.91 Å². The van der Waals surface area contributed by atoms with Gasteiger partial charge in [0.15, 0.2) is 0 Å². The molecular weight excluding hydrogens is 426 g/mol. The maximum absolute atomic E-state index is 12.9. The van der Waals surface area contributed by atoms with Crippen LogP contribution in [0.2, 0.25) is 0 Å². The van der Waals surface area contributed by atoms with Crippen LogP contribution in [0.5, 0.6) is 0 Å². The highest BCUT2D eigenvalue weighted by Gasteiger charge is 2.37. The molecule has 34 heavy (non-hydrogen) atoms. The van der Waals surface area contributed by atoms with Crippen LogP contribution in [-0.2, 0) is 16.0 Å². The molecule has 2 atom stereocenters. The molecule has 0 saturated carbocycles. The number of likely N-dealkylation sites (tertiary alicyclic amines) is 1. The molecule has 1 heterocycles. The number of aliphatic imine (C=N–C) groups is 1. The van der Waals surface area contributed by atoms with Crippen LogP contribution in [0.3, 0.4) is 0 Å². The first-order valence-corrected chi connectivity index (χ1v) is 11.9. The molecule has 3 rings (SSSR count). The second kappa shape index (κ2) is 11.7. The van der Waals surface area contributed by atoms with Crippen LogP contribution in [-0.4, -0.2) is 41.2 Å². The Labute approximate surface area is 202 Å². The zero-order valence-corrected chi connectivity index (χ0v) is 20.3. The molecule has 0 aliphatic carbocycles. The number of carboxylic acid groups (broad SMARTS) is 1. The highest BCUT2D eigenvalue weighted by atomic mass is 16.4. The van der Waals surface area contributed by atoms with Crippen molar-refractivity contribution >= 4 is 23.7 Å². The predicted octanol–water partition coefficient (Wildman–Crippen LogP) is 4.71. The Morgan fingerprint density at radius 3 is 2.32 bits per heavy atom. The SMILES string of the molecule is CCCC(Cc1ccc(C(N)N=CC(=C(C)C)c2ccccc2)cc1)C(=O)N1CC(C(=O)O)C1. The van der Waals surface area contributed by atoms with Gasteiger partial charge < -0.3 is 15.7 Å². The van der Waals surface area contributed by atoms with Gasteiger partial charge in [0.05, 0.1) is 5.92 Å². The molecule has 1 aliphatic rings. The van der Waals surface area contributed by atoms with Gasteiger partial charge in [-0.3, -0.25) is 14.6 Å². The summed E-state index contributed by atoms with van der Waals surface area (Å²) in [5, 5.41) is 9.07. The van der Waals surface area contributed by atoms with Gasteiger partial charge in [-0.05, 0) is 49.0 Å². The molecule has 1 aliphatic heterocycles. The molecule has 0 aromatic heterocycles. The number of nitrogens with two attached hydrogens (primary N) is 1. The van der Waals surface area contributed by atoms with Gasteiger partial charge in [-0.2, -0.15) is 0 Å². The molecule has 2 aromatic carbocycles. The quantitative estimate of drug-likeness (QED) is 0.501. The van der Waals surface area contributed by atoms with E-state index in [0.717, 1.165) is 35.1 Å². The van der Waals surface area contributed by atoms with Crippen molar-refractivity contribution in [1.82, 2.24) is 4.90 Å². The second-order valence-corrected chi connectivity index (χ2v) is 9.21. The van der Waals surface area contributed by atoms with Crippen molar-refractivity contribution in [3.8, 4) is 0 Å². The molecule has 2 aromatic rings. The molecule has 1 fully saturated rings. The van der Waals surface area contributed by atoms with Crippen molar-refractivity contribution in [2.24, 2.45) is 22.6 Å². The Bertz CT molecular complexity index is 1030. The van der Waals surface area contributed by atoms with Crippen LogP contribution < -0.4 is 5.73 Å². The standard InChI is InChI=1S/C28H35N3O3/c1-4-8-23(27(32)31-17-24(18-31)28(33)34)15-20-11-13-22(14-12-20)26(29)30-16-25(19(2)3)21-9-6-5-7-10-21/h5-7,9-14,16,23-24,26H,4,8,15,17-18,29H2,1-3H3,(H,33,34). The first kappa shape index (κ1) is 25.4. The van der Waals surface area contributed by atoms with Crippen LogP contribution in [0.4, 0.5) is 0 Å². The summed E-state index contributed by atoms with van der Waals surface area (Å²) >= 11 is 0. The zero-order chi connectivity index (χ0) is 24.7. The van der Waals surface area contributed by atoms with Crippen LogP contribution in [0.1, 0.15) is 56.5 Å². The molecule has 6 nitrogen and oxygen atoms in total. The lowest BCUT2D eigenvalue weighted by Crippen LogP contribution is -2.54. The molecule has 0 radical (unpaired) electrons. The van der Waals surface area contributed by atoms with E-state index in [9.17, 15) is 9.59 Å². The first-order chi connectivity index (χ1) is 16.3. The van der Waals surface area contributed by atoms with Crippen molar-refractivity contribution in [3.05, 3.63) is 76.9 Å². The number of aliphatic carboxylic acids is 1. The Morgan fingerprint density at radius 1 is 1.12 bits per heavy atom. The largest absolute Gasteiger partial charge is 0.481 e. The molecule has 2 unspecified atom stereocenters. The maximum atomic E-state index is 12.9. The topological polar surface area (TPSA) is 96.0 Å². The fourth-order valence-electron chi connectivity index (χ4n) is 4.22. The van der Waals surface area contributed by atoms with E-state index in [2.05, 4.69) is 37.9 Å². The minimum absolute atomic E-state index is 0.0555. The summed E-state index contributed by atoms with van der Waals surface area (Å²) in [4.78, 5) is 30.2. The number of nitrogens with zero attached hydrogens (tertiary/aromatic N) is 2. The minimum Gasteiger partial charge on any atom is -0.481 e. The second-order valence-electron chi connectivity index (χ2n) is 9.21. The van der Waals surface area contributed by atoms with E-state index in [1.54, 1.807) is 4.90 Å². The van der Waals surface area contributed by atoms with E-state index < -0.39 is 18.1 Å². The molecule has 0 spiro atoms. The third-order valence-corrected chi connectivity index (χ3v) is 6.32. The summed E-state index contributed by atoms with van der Waals surface area (Å²) in [6.45, 7) is 6.82. The van der Waals surface area contributed by atoms with Crippen LogP contribution in [0.15, 0.2) is 65.2 Å². The van der Waals surface area contributed by atoms with Crippen molar-refractivity contribution in [3.63, 3.8) is 0 Å². The Hall–Kier alpha value is -3.25. The monoisotopic (exact) mass is 461 g/mol. The Morgan fingerprint density at radius 2 is 1.76 bits per heavy atom. The van der Waals surface area contributed by atoms with Gasteiger partial charge in [0, 0.05) is 25.2 Å². The summed E-state index contributed by atoms with van der Waals surface area (Å²) in [6.07, 6.45) is 3.68. The molecule has 180 valence electrons. The van der Waals surface area contributed by atoms with E-state index in [1.807, 2.05) is 48.7 Å². The highest BCUT2D eigenvalue weighted by Crippen LogP contribution is 2.24. The molecule has 6 heteroatoms.